The number of aliphatic hydroxyl groups is 1. The highest BCUT2D eigenvalue weighted by Crippen LogP contribution is 2.12. The van der Waals surface area contributed by atoms with Gasteiger partial charge in [0.15, 0.2) is 0 Å². The normalized spacial score (nSPS) is 13.9. The number of rotatable bonds is 6. The Kier molecular flexibility index (Phi) is 5.21. The van der Waals surface area contributed by atoms with Gasteiger partial charge in [0.05, 0.1) is 12.3 Å². The molecule has 2 aromatic rings. The zero-order valence-electron chi connectivity index (χ0n) is 11.5. The summed E-state index contributed by atoms with van der Waals surface area (Å²) in [6.07, 6.45) is 2.94. The van der Waals surface area contributed by atoms with E-state index in [1.54, 1.807) is 6.20 Å². The smallest absolute Gasteiger partial charge is 0.141 e. The SMILES string of the molecule is CC(NCC(O)Cc1ccccc1)c1cncc(F)c1. The van der Waals surface area contributed by atoms with Crippen LogP contribution in [0.4, 0.5) is 4.39 Å². The summed E-state index contributed by atoms with van der Waals surface area (Å²) in [4.78, 5) is 3.82. The maximum atomic E-state index is 13.1. The quantitative estimate of drug-likeness (QED) is 0.850. The predicted octanol–water partition coefficient (Wildman–Crippen LogP) is 2.47. The minimum Gasteiger partial charge on any atom is -0.391 e. The summed E-state index contributed by atoms with van der Waals surface area (Å²) >= 11 is 0. The maximum absolute atomic E-state index is 13.1. The van der Waals surface area contributed by atoms with Crippen LogP contribution in [0.25, 0.3) is 0 Å². The fraction of sp³-hybridized carbons (Fsp3) is 0.312. The summed E-state index contributed by atoms with van der Waals surface area (Å²) in [6.45, 7) is 2.37. The van der Waals surface area contributed by atoms with Gasteiger partial charge in [-0.3, -0.25) is 4.98 Å². The molecule has 0 amide bonds. The highest BCUT2D eigenvalue weighted by molar-refractivity contribution is 5.16. The second-order valence-corrected chi connectivity index (χ2v) is 4.91. The van der Waals surface area contributed by atoms with E-state index in [1.165, 1.54) is 12.3 Å². The number of nitrogens with zero attached hydrogens (tertiary/aromatic N) is 1. The number of nitrogens with one attached hydrogen (secondary N) is 1. The number of hydrogen-bond acceptors (Lipinski definition) is 3. The second kappa shape index (κ2) is 7.12. The van der Waals surface area contributed by atoms with Gasteiger partial charge in [-0.2, -0.15) is 0 Å². The number of pyridine rings is 1. The lowest BCUT2D eigenvalue weighted by Crippen LogP contribution is -2.30. The lowest BCUT2D eigenvalue weighted by atomic mass is 10.1. The number of hydrogen-bond donors (Lipinski definition) is 2. The van der Waals surface area contributed by atoms with Crippen LogP contribution in [0.1, 0.15) is 24.1 Å². The van der Waals surface area contributed by atoms with Crippen molar-refractivity contribution >= 4 is 0 Å². The Balaban J connectivity index is 1.82. The molecule has 2 atom stereocenters. The lowest BCUT2D eigenvalue weighted by Gasteiger charge is -2.17. The van der Waals surface area contributed by atoms with Gasteiger partial charge in [-0.05, 0) is 30.5 Å². The molecule has 0 radical (unpaired) electrons. The monoisotopic (exact) mass is 274 g/mol. The van der Waals surface area contributed by atoms with Gasteiger partial charge in [-0.25, -0.2) is 4.39 Å². The highest BCUT2D eigenvalue weighted by atomic mass is 19.1. The second-order valence-electron chi connectivity index (χ2n) is 4.91. The largest absolute Gasteiger partial charge is 0.391 e. The molecule has 106 valence electrons. The van der Waals surface area contributed by atoms with Gasteiger partial charge in [0.25, 0.3) is 0 Å². The molecular formula is C16H19FN2O. The van der Waals surface area contributed by atoms with E-state index in [0.29, 0.717) is 13.0 Å². The van der Waals surface area contributed by atoms with Crippen molar-refractivity contribution in [3.8, 4) is 0 Å². The van der Waals surface area contributed by atoms with Crippen molar-refractivity contribution in [3.05, 3.63) is 65.7 Å². The molecule has 20 heavy (non-hydrogen) atoms. The van der Waals surface area contributed by atoms with Gasteiger partial charge < -0.3 is 10.4 Å². The molecule has 1 aromatic heterocycles. The number of aromatic nitrogens is 1. The molecule has 0 aliphatic carbocycles. The van der Waals surface area contributed by atoms with Crippen molar-refractivity contribution in [1.29, 1.82) is 0 Å². The van der Waals surface area contributed by atoms with E-state index < -0.39 is 6.10 Å². The van der Waals surface area contributed by atoms with Gasteiger partial charge in [-0.15, -0.1) is 0 Å². The van der Waals surface area contributed by atoms with Crippen molar-refractivity contribution in [3.63, 3.8) is 0 Å². The first-order valence-corrected chi connectivity index (χ1v) is 6.71. The molecule has 0 aliphatic heterocycles. The first-order chi connectivity index (χ1) is 9.65. The average molecular weight is 274 g/mol. The van der Waals surface area contributed by atoms with Crippen LogP contribution < -0.4 is 5.32 Å². The van der Waals surface area contributed by atoms with E-state index in [4.69, 9.17) is 0 Å². The third-order valence-corrected chi connectivity index (χ3v) is 3.20. The van der Waals surface area contributed by atoms with Crippen LogP contribution >= 0.6 is 0 Å². The molecule has 0 saturated carbocycles. The van der Waals surface area contributed by atoms with Crippen molar-refractivity contribution in [1.82, 2.24) is 10.3 Å². The molecule has 0 spiro atoms. The third-order valence-electron chi connectivity index (χ3n) is 3.20. The summed E-state index contributed by atoms with van der Waals surface area (Å²) in [6, 6.07) is 11.2. The topological polar surface area (TPSA) is 45.1 Å². The van der Waals surface area contributed by atoms with Crippen LogP contribution in [0, 0.1) is 5.82 Å². The zero-order valence-corrected chi connectivity index (χ0v) is 11.5. The van der Waals surface area contributed by atoms with E-state index in [1.807, 2.05) is 37.3 Å². The number of benzene rings is 1. The Morgan fingerprint density at radius 3 is 2.70 bits per heavy atom. The molecule has 2 N–H and O–H groups in total. The zero-order chi connectivity index (χ0) is 14.4. The maximum Gasteiger partial charge on any atom is 0.141 e. The number of halogens is 1. The lowest BCUT2D eigenvalue weighted by molar-refractivity contribution is 0.168. The Morgan fingerprint density at radius 1 is 1.25 bits per heavy atom. The highest BCUT2D eigenvalue weighted by Gasteiger charge is 2.10. The first kappa shape index (κ1) is 14.6. The first-order valence-electron chi connectivity index (χ1n) is 6.71. The molecule has 0 fully saturated rings. The molecule has 0 aliphatic rings. The van der Waals surface area contributed by atoms with Crippen molar-refractivity contribution < 1.29 is 9.50 Å². The molecule has 1 heterocycles. The molecule has 1 aromatic carbocycles. The summed E-state index contributed by atoms with van der Waals surface area (Å²) in [5.74, 6) is -0.346. The van der Waals surface area contributed by atoms with E-state index in [9.17, 15) is 9.50 Å². The van der Waals surface area contributed by atoms with Gasteiger partial charge in [-0.1, -0.05) is 30.3 Å². The van der Waals surface area contributed by atoms with Crippen LogP contribution in [0.15, 0.2) is 48.8 Å². The minimum absolute atomic E-state index is 0.0522. The Morgan fingerprint density at radius 2 is 2.00 bits per heavy atom. The van der Waals surface area contributed by atoms with Gasteiger partial charge in [0.2, 0.25) is 0 Å². The van der Waals surface area contributed by atoms with E-state index in [-0.39, 0.29) is 11.9 Å². The summed E-state index contributed by atoms with van der Waals surface area (Å²) in [5.41, 5.74) is 1.87. The summed E-state index contributed by atoms with van der Waals surface area (Å²) in [7, 11) is 0. The molecule has 4 heteroatoms. The van der Waals surface area contributed by atoms with E-state index >= 15 is 0 Å². The van der Waals surface area contributed by atoms with Crippen molar-refractivity contribution in [2.24, 2.45) is 0 Å². The molecule has 2 unspecified atom stereocenters. The Bertz CT molecular complexity index is 533. The van der Waals surface area contributed by atoms with Crippen LogP contribution in [-0.4, -0.2) is 22.7 Å². The summed E-state index contributed by atoms with van der Waals surface area (Å²) < 4.78 is 13.1. The molecule has 3 nitrogen and oxygen atoms in total. The fourth-order valence-corrected chi connectivity index (χ4v) is 2.05. The van der Waals surface area contributed by atoms with Gasteiger partial charge in [0.1, 0.15) is 5.82 Å². The number of aliphatic hydroxyl groups excluding tert-OH is 1. The van der Waals surface area contributed by atoms with Gasteiger partial charge in [0, 0.05) is 18.8 Å². The Labute approximate surface area is 118 Å². The summed E-state index contributed by atoms with van der Waals surface area (Å²) in [5, 5.41) is 13.2. The van der Waals surface area contributed by atoms with E-state index in [0.717, 1.165) is 11.1 Å². The molecule has 0 saturated heterocycles. The molecular weight excluding hydrogens is 255 g/mol. The van der Waals surface area contributed by atoms with Crippen molar-refractivity contribution in [2.75, 3.05) is 6.54 Å². The fourth-order valence-electron chi connectivity index (χ4n) is 2.05. The standard InChI is InChI=1S/C16H19FN2O/c1-12(14-8-15(17)10-18-9-14)19-11-16(20)7-13-5-3-2-4-6-13/h2-6,8-10,12,16,19-20H,7,11H2,1H3. The van der Waals surface area contributed by atoms with E-state index in [2.05, 4.69) is 10.3 Å². The van der Waals surface area contributed by atoms with Crippen molar-refractivity contribution in [2.45, 2.75) is 25.5 Å². The van der Waals surface area contributed by atoms with Crippen LogP contribution in [-0.2, 0) is 6.42 Å². The molecule has 0 bridgehead atoms. The average Bonchev–Trinajstić information content (AvgIpc) is 2.46. The Hall–Kier alpha value is -1.78. The predicted molar refractivity (Wildman–Crippen MR) is 76.8 cm³/mol. The molecule has 2 rings (SSSR count). The van der Waals surface area contributed by atoms with Gasteiger partial charge >= 0.3 is 0 Å². The van der Waals surface area contributed by atoms with Crippen LogP contribution in [0.3, 0.4) is 0 Å². The van der Waals surface area contributed by atoms with Crippen LogP contribution in [0.5, 0.6) is 0 Å². The van der Waals surface area contributed by atoms with Crippen LogP contribution in [0.2, 0.25) is 0 Å². The minimum atomic E-state index is -0.471. The third kappa shape index (κ3) is 4.40.